The molecule has 2 nitrogen and oxygen atoms in total. The maximum absolute atomic E-state index is 11.7. The molecule has 1 N–H and O–H groups in total. The number of aryl methyl sites for hydroxylation is 1. The summed E-state index contributed by atoms with van der Waals surface area (Å²) >= 11 is 1.22. The topological polar surface area (TPSA) is 29.1 Å². The molecule has 0 aliphatic heterocycles. The van der Waals surface area contributed by atoms with Gasteiger partial charge in [0.2, 0.25) is 0 Å². The Morgan fingerprint density at radius 3 is 2.39 bits per heavy atom. The molecule has 0 atom stereocenters. The summed E-state index contributed by atoms with van der Waals surface area (Å²) in [6, 6.07) is 17.8. The van der Waals surface area contributed by atoms with Crippen LogP contribution in [0, 0.1) is 6.92 Å². The Morgan fingerprint density at radius 1 is 1.06 bits per heavy atom. The van der Waals surface area contributed by atoms with Crippen LogP contribution in [0.2, 0.25) is 0 Å². The monoisotopic (exact) mass is 257 g/mol. The van der Waals surface area contributed by atoms with E-state index in [0.29, 0.717) is 6.54 Å². The van der Waals surface area contributed by atoms with Crippen molar-refractivity contribution in [3.8, 4) is 0 Å². The van der Waals surface area contributed by atoms with Gasteiger partial charge >= 0.3 is 0 Å². The van der Waals surface area contributed by atoms with Gasteiger partial charge in [-0.1, -0.05) is 48.0 Å². The second-order valence-electron chi connectivity index (χ2n) is 4.04. The molecular weight excluding hydrogens is 242 g/mol. The van der Waals surface area contributed by atoms with Crippen molar-refractivity contribution in [3.63, 3.8) is 0 Å². The Labute approximate surface area is 111 Å². The van der Waals surface area contributed by atoms with Gasteiger partial charge in [0.1, 0.15) is 0 Å². The zero-order valence-electron chi connectivity index (χ0n) is 10.2. The van der Waals surface area contributed by atoms with E-state index in [0.717, 1.165) is 10.5 Å². The van der Waals surface area contributed by atoms with Gasteiger partial charge in [-0.05, 0) is 36.4 Å². The van der Waals surface area contributed by atoms with Gasteiger partial charge in [-0.15, -0.1) is 0 Å². The molecule has 0 fully saturated rings. The van der Waals surface area contributed by atoms with Crippen LogP contribution in [0.3, 0.4) is 0 Å². The summed E-state index contributed by atoms with van der Waals surface area (Å²) in [5, 5.41) is 2.86. The number of amides is 1. The maximum atomic E-state index is 11.7. The summed E-state index contributed by atoms with van der Waals surface area (Å²) in [5.41, 5.74) is 2.30. The van der Waals surface area contributed by atoms with Crippen LogP contribution in [0.25, 0.3) is 0 Å². The maximum Gasteiger partial charge on any atom is 0.284 e. The Kier molecular flexibility index (Phi) is 4.42. The quantitative estimate of drug-likeness (QED) is 0.842. The molecule has 1 amide bonds. The molecule has 0 radical (unpaired) electrons. The van der Waals surface area contributed by atoms with Gasteiger partial charge in [0.25, 0.3) is 5.24 Å². The van der Waals surface area contributed by atoms with Crippen molar-refractivity contribution in [2.75, 3.05) is 0 Å². The molecule has 0 aliphatic rings. The molecule has 2 aromatic carbocycles. The molecule has 18 heavy (non-hydrogen) atoms. The fourth-order valence-electron chi connectivity index (χ4n) is 1.52. The molecule has 2 aromatic rings. The first-order valence-corrected chi connectivity index (χ1v) is 6.62. The van der Waals surface area contributed by atoms with Crippen molar-refractivity contribution in [3.05, 3.63) is 65.7 Å². The first-order valence-electron chi connectivity index (χ1n) is 5.80. The van der Waals surface area contributed by atoms with Gasteiger partial charge in [0.15, 0.2) is 0 Å². The highest BCUT2D eigenvalue weighted by molar-refractivity contribution is 8.13. The summed E-state index contributed by atoms with van der Waals surface area (Å²) < 4.78 is 0. The standard InChI is InChI=1S/C15H15NOS/c1-12-7-9-14(10-8-12)18-15(17)16-11-13-5-3-2-4-6-13/h2-10H,11H2,1H3,(H,16,17). The lowest BCUT2D eigenvalue weighted by Crippen LogP contribution is -2.17. The van der Waals surface area contributed by atoms with Crippen LogP contribution >= 0.6 is 11.8 Å². The van der Waals surface area contributed by atoms with Crippen molar-refractivity contribution in [1.29, 1.82) is 0 Å². The molecule has 0 spiro atoms. The lowest BCUT2D eigenvalue weighted by Gasteiger charge is -2.05. The lowest BCUT2D eigenvalue weighted by molar-refractivity contribution is 0.260. The van der Waals surface area contributed by atoms with Crippen molar-refractivity contribution in [2.24, 2.45) is 0 Å². The smallest absolute Gasteiger partial charge is 0.284 e. The van der Waals surface area contributed by atoms with Crippen LogP contribution in [-0.4, -0.2) is 5.24 Å². The molecule has 2 rings (SSSR count). The molecule has 3 heteroatoms. The average Bonchev–Trinajstić information content (AvgIpc) is 2.40. The van der Waals surface area contributed by atoms with Crippen LogP contribution in [-0.2, 0) is 6.54 Å². The van der Waals surface area contributed by atoms with Gasteiger partial charge in [-0.25, -0.2) is 0 Å². The number of rotatable bonds is 3. The van der Waals surface area contributed by atoms with Crippen LogP contribution in [0.4, 0.5) is 4.79 Å². The van der Waals surface area contributed by atoms with Crippen molar-refractivity contribution >= 4 is 17.0 Å². The highest BCUT2D eigenvalue weighted by Crippen LogP contribution is 2.18. The van der Waals surface area contributed by atoms with E-state index >= 15 is 0 Å². The third-order valence-electron chi connectivity index (χ3n) is 2.51. The molecular formula is C15H15NOS. The first-order chi connectivity index (χ1) is 8.74. The van der Waals surface area contributed by atoms with Crippen LogP contribution in [0.1, 0.15) is 11.1 Å². The largest absolute Gasteiger partial charge is 0.343 e. The first kappa shape index (κ1) is 12.7. The summed E-state index contributed by atoms with van der Waals surface area (Å²) in [6.45, 7) is 2.60. The number of benzene rings is 2. The van der Waals surface area contributed by atoms with Gasteiger partial charge in [0.05, 0.1) is 0 Å². The molecule has 0 saturated heterocycles. The van der Waals surface area contributed by atoms with Crippen molar-refractivity contribution in [2.45, 2.75) is 18.4 Å². The molecule has 0 aromatic heterocycles. The van der Waals surface area contributed by atoms with Crippen LogP contribution < -0.4 is 5.32 Å². The van der Waals surface area contributed by atoms with Crippen LogP contribution in [0.5, 0.6) is 0 Å². The van der Waals surface area contributed by atoms with Gasteiger partial charge in [-0.2, -0.15) is 0 Å². The highest BCUT2D eigenvalue weighted by Gasteiger charge is 2.03. The van der Waals surface area contributed by atoms with Gasteiger partial charge in [-0.3, -0.25) is 4.79 Å². The minimum atomic E-state index is -0.0253. The number of hydrogen-bond donors (Lipinski definition) is 1. The van der Waals surface area contributed by atoms with Crippen molar-refractivity contribution in [1.82, 2.24) is 5.32 Å². The Bertz CT molecular complexity index is 508. The summed E-state index contributed by atoms with van der Waals surface area (Å²) in [6.07, 6.45) is 0. The fraction of sp³-hybridized carbons (Fsp3) is 0.133. The number of thioether (sulfide) groups is 1. The molecule has 0 saturated carbocycles. The minimum absolute atomic E-state index is 0.0253. The van der Waals surface area contributed by atoms with Gasteiger partial charge < -0.3 is 5.32 Å². The van der Waals surface area contributed by atoms with E-state index in [1.165, 1.54) is 17.3 Å². The summed E-state index contributed by atoms with van der Waals surface area (Å²) in [4.78, 5) is 12.7. The Morgan fingerprint density at radius 2 is 1.72 bits per heavy atom. The third-order valence-corrected chi connectivity index (χ3v) is 3.35. The van der Waals surface area contributed by atoms with E-state index in [-0.39, 0.29) is 5.24 Å². The predicted molar refractivity (Wildman–Crippen MR) is 75.7 cm³/mol. The molecule has 0 heterocycles. The Hall–Kier alpha value is -1.74. The zero-order chi connectivity index (χ0) is 12.8. The third kappa shape index (κ3) is 3.93. The number of carbonyl (C=O) groups excluding carboxylic acids is 1. The van der Waals surface area contributed by atoms with E-state index in [1.807, 2.05) is 61.5 Å². The minimum Gasteiger partial charge on any atom is -0.343 e. The zero-order valence-corrected chi connectivity index (χ0v) is 11.0. The van der Waals surface area contributed by atoms with E-state index in [1.54, 1.807) is 0 Å². The summed E-state index contributed by atoms with van der Waals surface area (Å²) in [7, 11) is 0. The second-order valence-corrected chi connectivity index (χ2v) is 5.09. The van der Waals surface area contributed by atoms with Crippen LogP contribution in [0.15, 0.2) is 59.5 Å². The normalized spacial score (nSPS) is 10.1. The average molecular weight is 257 g/mol. The van der Waals surface area contributed by atoms with E-state index in [2.05, 4.69) is 5.32 Å². The van der Waals surface area contributed by atoms with Gasteiger partial charge in [0, 0.05) is 11.4 Å². The Balaban J connectivity index is 1.84. The van der Waals surface area contributed by atoms with E-state index < -0.39 is 0 Å². The summed E-state index contributed by atoms with van der Waals surface area (Å²) in [5.74, 6) is 0. The highest BCUT2D eigenvalue weighted by atomic mass is 32.2. The molecule has 0 unspecified atom stereocenters. The van der Waals surface area contributed by atoms with E-state index in [4.69, 9.17) is 0 Å². The SMILES string of the molecule is Cc1ccc(SC(=O)NCc2ccccc2)cc1. The fourth-order valence-corrected chi connectivity index (χ4v) is 2.15. The van der Waals surface area contributed by atoms with Crippen molar-refractivity contribution < 1.29 is 4.79 Å². The molecule has 92 valence electrons. The number of carbonyl (C=O) groups is 1. The van der Waals surface area contributed by atoms with E-state index in [9.17, 15) is 4.79 Å². The second kappa shape index (κ2) is 6.26. The molecule has 0 bridgehead atoms. The molecule has 0 aliphatic carbocycles. The number of hydrogen-bond acceptors (Lipinski definition) is 2. The lowest BCUT2D eigenvalue weighted by atomic mass is 10.2. The predicted octanol–water partition coefficient (Wildman–Crippen LogP) is 4.00. The number of nitrogens with one attached hydrogen (secondary N) is 1.